The van der Waals surface area contributed by atoms with Crippen molar-refractivity contribution < 1.29 is 4.84 Å². The van der Waals surface area contributed by atoms with Gasteiger partial charge in [0.15, 0.2) is 0 Å². The molecule has 0 rings (SSSR count). The molecule has 0 spiro atoms. The first-order chi connectivity index (χ1) is 6.85. The Kier molecular flexibility index (Phi) is 9.41. The maximum atomic E-state index is 6.37. The summed E-state index contributed by atoms with van der Waals surface area (Å²) in [6.07, 6.45) is 5.99. The summed E-state index contributed by atoms with van der Waals surface area (Å²) in [5.41, 5.74) is 9.16. The van der Waals surface area contributed by atoms with Crippen LogP contribution in [0.2, 0.25) is 0 Å². The zero-order chi connectivity index (χ0) is 10.6. The molecule has 1 unspecified atom stereocenters. The van der Waals surface area contributed by atoms with Crippen LogP contribution in [0.3, 0.4) is 0 Å². The van der Waals surface area contributed by atoms with E-state index in [9.17, 15) is 0 Å². The Morgan fingerprint density at radius 2 is 2.29 bits per heavy atom. The van der Waals surface area contributed by atoms with Crippen molar-refractivity contribution in [2.75, 3.05) is 6.54 Å². The molecule has 0 heterocycles. The lowest BCUT2D eigenvalue weighted by molar-refractivity contribution is 0.168. The number of rotatable bonds is 9. The second-order valence-electron chi connectivity index (χ2n) is 3.20. The van der Waals surface area contributed by atoms with E-state index in [2.05, 4.69) is 29.7 Å². The molecule has 2 N–H and O–H groups in total. The molecule has 0 amide bonds. The van der Waals surface area contributed by atoms with Crippen molar-refractivity contribution in [3.8, 4) is 0 Å². The molecule has 1 atom stereocenters. The van der Waals surface area contributed by atoms with Gasteiger partial charge in [-0.2, -0.15) is 11.0 Å². The molecule has 0 bridgehead atoms. The van der Waals surface area contributed by atoms with Gasteiger partial charge in [0.1, 0.15) is 0 Å². The SMILES string of the molecule is CCCCC(CC)CNOC=NN=N. The fraction of sp³-hybridized carbons (Fsp3) is 0.889. The van der Waals surface area contributed by atoms with Crippen LogP contribution in [0.25, 0.3) is 0 Å². The minimum atomic E-state index is 0.649. The van der Waals surface area contributed by atoms with Crippen LogP contribution in [0.5, 0.6) is 0 Å². The van der Waals surface area contributed by atoms with E-state index < -0.39 is 0 Å². The Morgan fingerprint density at radius 3 is 2.86 bits per heavy atom. The van der Waals surface area contributed by atoms with Crippen LogP contribution in [-0.4, -0.2) is 12.9 Å². The largest absolute Gasteiger partial charge is 0.395 e. The van der Waals surface area contributed by atoms with Gasteiger partial charge in [-0.15, -0.1) is 0 Å². The molecule has 0 aliphatic rings. The molecule has 0 radical (unpaired) electrons. The van der Waals surface area contributed by atoms with Crippen molar-refractivity contribution >= 4 is 6.40 Å². The zero-order valence-corrected chi connectivity index (χ0v) is 8.99. The standard InChI is InChI=1S/C9H20N4O/c1-3-5-6-9(4-2)7-12-14-8-11-13-10/h8-10,12H,3-7H2,1-2H3. The number of nitrogens with one attached hydrogen (secondary N) is 2. The predicted octanol–water partition coefficient (Wildman–Crippen LogP) is 2.70. The first-order valence-electron chi connectivity index (χ1n) is 5.11. The van der Waals surface area contributed by atoms with Crippen LogP contribution in [0.1, 0.15) is 39.5 Å². The monoisotopic (exact) mass is 200 g/mol. The summed E-state index contributed by atoms with van der Waals surface area (Å²) in [6, 6.07) is 0. The van der Waals surface area contributed by atoms with E-state index in [0.29, 0.717) is 5.92 Å². The molecular weight excluding hydrogens is 180 g/mol. The minimum Gasteiger partial charge on any atom is -0.395 e. The van der Waals surface area contributed by atoms with Crippen molar-refractivity contribution in [3.63, 3.8) is 0 Å². The fourth-order valence-corrected chi connectivity index (χ4v) is 1.19. The predicted molar refractivity (Wildman–Crippen MR) is 56.0 cm³/mol. The van der Waals surface area contributed by atoms with E-state index >= 15 is 0 Å². The van der Waals surface area contributed by atoms with E-state index in [1.807, 2.05) is 0 Å². The van der Waals surface area contributed by atoms with Crippen LogP contribution in [0.4, 0.5) is 0 Å². The average Bonchev–Trinajstić information content (AvgIpc) is 2.22. The van der Waals surface area contributed by atoms with E-state index in [0.717, 1.165) is 19.4 Å². The average molecular weight is 200 g/mol. The summed E-state index contributed by atoms with van der Waals surface area (Å²) < 4.78 is 0. The van der Waals surface area contributed by atoms with E-state index in [1.54, 1.807) is 0 Å². The third-order valence-corrected chi connectivity index (χ3v) is 2.16. The Balaban J connectivity index is 3.41. The number of nitrogens with zero attached hydrogens (tertiary/aromatic N) is 2. The van der Waals surface area contributed by atoms with E-state index in [1.165, 1.54) is 19.3 Å². The number of hydrogen-bond acceptors (Lipinski definition) is 4. The maximum Gasteiger partial charge on any atom is 0.222 e. The van der Waals surface area contributed by atoms with Gasteiger partial charge >= 0.3 is 0 Å². The molecule has 0 saturated heterocycles. The normalized spacial score (nSPS) is 13.0. The molecule has 0 aromatic carbocycles. The van der Waals surface area contributed by atoms with Gasteiger partial charge in [0.2, 0.25) is 6.40 Å². The highest BCUT2D eigenvalue weighted by Gasteiger charge is 2.04. The summed E-state index contributed by atoms with van der Waals surface area (Å²) in [7, 11) is 0. The van der Waals surface area contributed by atoms with Crippen LogP contribution in [0, 0.1) is 11.4 Å². The summed E-state index contributed by atoms with van der Waals surface area (Å²) >= 11 is 0. The van der Waals surface area contributed by atoms with Gasteiger partial charge in [-0.25, -0.2) is 0 Å². The van der Waals surface area contributed by atoms with E-state index in [4.69, 9.17) is 10.4 Å². The Bertz CT molecular complexity index is 161. The second kappa shape index (κ2) is 10.1. The van der Waals surface area contributed by atoms with Crippen LogP contribution in [-0.2, 0) is 4.84 Å². The quantitative estimate of drug-likeness (QED) is 0.197. The van der Waals surface area contributed by atoms with Crippen molar-refractivity contribution in [3.05, 3.63) is 0 Å². The third-order valence-electron chi connectivity index (χ3n) is 2.16. The van der Waals surface area contributed by atoms with Crippen molar-refractivity contribution in [2.24, 2.45) is 16.2 Å². The molecule has 5 heteroatoms. The number of hydrogen-bond donors (Lipinski definition) is 2. The van der Waals surface area contributed by atoms with Gasteiger partial charge in [0.25, 0.3) is 0 Å². The molecule has 0 fully saturated rings. The van der Waals surface area contributed by atoms with Gasteiger partial charge in [-0.3, -0.25) is 0 Å². The second-order valence-corrected chi connectivity index (χ2v) is 3.20. The highest BCUT2D eigenvalue weighted by atomic mass is 16.6. The lowest BCUT2D eigenvalue weighted by Crippen LogP contribution is -2.22. The minimum absolute atomic E-state index is 0.649. The maximum absolute atomic E-state index is 6.37. The topological polar surface area (TPSA) is 69.8 Å². The Hall–Kier alpha value is -0.970. The van der Waals surface area contributed by atoms with Crippen molar-refractivity contribution in [1.82, 2.24) is 5.48 Å². The molecule has 0 saturated carbocycles. The lowest BCUT2D eigenvalue weighted by Gasteiger charge is -2.13. The fourth-order valence-electron chi connectivity index (χ4n) is 1.19. The first-order valence-corrected chi connectivity index (χ1v) is 5.11. The number of hydroxylamine groups is 1. The molecular formula is C9H20N4O. The highest BCUT2D eigenvalue weighted by Crippen LogP contribution is 2.10. The molecule has 0 aliphatic carbocycles. The molecule has 14 heavy (non-hydrogen) atoms. The zero-order valence-electron chi connectivity index (χ0n) is 8.99. The van der Waals surface area contributed by atoms with Crippen LogP contribution < -0.4 is 5.48 Å². The molecule has 0 aliphatic heterocycles. The molecule has 0 aromatic heterocycles. The van der Waals surface area contributed by atoms with Gasteiger partial charge in [0, 0.05) is 6.54 Å². The summed E-state index contributed by atoms with van der Waals surface area (Å²) in [5, 5.41) is 6.02. The highest BCUT2D eigenvalue weighted by molar-refractivity contribution is 5.44. The van der Waals surface area contributed by atoms with E-state index in [-0.39, 0.29) is 0 Å². The molecule has 82 valence electrons. The summed E-state index contributed by atoms with van der Waals surface area (Å²) in [5.74, 6) is 0.649. The van der Waals surface area contributed by atoms with Gasteiger partial charge in [-0.1, -0.05) is 38.2 Å². The van der Waals surface area contributed by atoms with Crippen LogP contribution in [0.15, 0.2) is 10.3 Å². The summed E-state index contributed by atoms with van der Waals surface area (Å²) in [6.45, 7) is 5.19. The van der Waals surface area contributed by atoms with Crippen LogP contribution >= 0.6 is 0 Å². The molecule has 5 nitrogen and oxygen atoms in total. The van der Waals surface area contributed by atoms with Gasteiger partial charge < -0.3 is 4.84 Å². The Morgan fingerprint density at radius 1 is 1.50 bits per heavy atom. The van der Waals surface area contributed by atoms with Gasteiger partial charge in [0.05, 0.1) is 0 Å². The Labute approximate surface area is 85.4 Å². The number of unbranched alkanes of at least 4 members (excludes halogenated alkanes) is 1. The third kappa shape index (κ3) is 7.67. The molecule has 0 aromatic rings. The summed E-state index contributed by atoms with van der Waals surface area (Å²) in [4.78, 5) is 4.83. The lowest BCUT2D eigenvalue weighted by atomic mass is 10.00. The van der Waals surface area contributed by atoms with Crippen molar-refractivity contribution in [1.29, 1.82) is 5.53 Å². The smallest absolute Gasteiger partial charge is 0.222 e. The first kappa shape index (κ1) is 13.0. The van der Waals surface area contributed by atoms with Crippen molar-refractivity contribution in [2.45, 2.75) is 39.5 Å². The van der Waals surface area contributed by atoms with Gasteiger partial charge in [-0.05, 0) is 17.6 Å².